The minimum atomic E-state index is -0.0366. The molecule has 0 saturated carbocycles. The van der Waals surface area contributed by atoms with E-state index in [1.54, 1.807) is 11.7 Å². The molecule has 1 aromatic heterocycles. The van der Waals surface area contributed by atoms with Crippen LogP contribution in [-0.4, -0.2) is 71.8 Å². The fraction of sp³-hybridized carbons (Fsp3) is 0.444. The molecule has 1 aliphatic heterocycles. The molecule has 1 unspecified atom stereocenters. The molecule has 0 bridgehead atoms. The summed E-state index contributed by atoms with van der Waals surface area (Å²) in [6, 6.07) is 17.3. The number of carbonyl (C=O) groups is 1. The van der Waals surface area contributed by atoms with Crippen LogP contribution in [-0.2, 0) is 27.4 Å². The Morgan fingerprint density at radius 2 is 1.74 bits per heavy atom. The number of benzene rings is 2. The van der Waals surface area contributed by atoms with Gasteiger partial charge in [-0.15, -0.1) is 0 Å². The first-order chi connectivity index (χ1) is 17.1. The monoisotopic (exact) mass is 478 g/mol. The third-order valence-corrected chi connectivity index (χ3v) is 6.54. The summed E-state index contributed by atoms with van der Waals surface area (Å²) in [7, 11) is 1.64. The average molecular weight is 479 g/mol. The Morgan fingerprint density at radius 1 is 1.03 bits per heavy atom. The SMILES string of the molecule is CCC(c1nc2ccccc2c(=O)n1CCOC)N1CCN(C(=O)COCc2ccccc2)CC1. The molecule has 0 radical (unpaired) electrons. The van der Waals surface area contributed by atoms with Gasteiger partial charge in [-0.1, -0.05) is 49.4 Å². The van der Waals surface area contributed by atoms with Crippen LogP contribution in [0.4, 0.5) is 0 Å². The molecule has 0 aliphatic carbocycles. The van der Waals surface area contributed by atoms with Crippen molar-refractivity contribution in [1.82, 2.24) is 19.4 Å². The van der Waals surface area contributed by atoms with Crippen LogP contribution in [0.2, 0.25) is 0 Å². The molecule has 0 N–H and O–H groups in total. The second-order valence-corrected chi connectivity index (χ2v) is 8.76. The Morgan fingerprint density at radius 3 is 2.46 bits per heavy atom. The molecule has 1 fully saturated rings. The number of hydrogen-bond donors (Lipinski definition) is 0. The van der Waals surface area contributed by atoms with Crippen LogP contribution in [0, 0.1) is 0 Å². The molecule has 4 rings (SSSR count). The summed E-state index contributed by atoms with van der Waals surface area (Å²) in [6.07, 6.45) is 0.811. The number of fused-ring (bicyclic) bond motifs is 1. The Bertz CT molecular complexity index is 1170. The quantitative estimate of drug-likeness (QED) is 0.446. The zero-order chi connectivity index (χ0) is 24.6. The molecular weight excluding hydrogens is 444 g/mol. The lowest BCUT2D eigenvalue weighted by atomic mass is 10.1. The number of carbonyl (C=O) groups excluding carboxylic acids is 1. The highest BCUT2D eigenvalue weighted by Crippen LogP contribution is 2.25. The largest absolute Gasteiger partial charge is 0.383 e. The van der Waals surface area contributed by atoms with Gasteiger partial charge in [0.1, 0.15) is 12.4 Å². The minimum absolute atomic E-state index is 0.00876. The van der Waals surface area contributed by atoms with Crippen molar-refractivity contribution in [2.75, 3.05) is 46.5 Å². The van der Waals surface area contributed by atoms with Gasteiger partial charge < -0.3 is 14.4 Å². The number of amides is 1. The van der Waals surface area contributed by atoms with Gasteiger partial charge in [-0.2, -0.15) is 0 Å². The van der Waals surface area contributed by atoms with E-state index in [4.69, 9.17) is 14.5 Å². The van der Waals surface area contributed by atoms with E-state index in [1.165, 1.54) is 0 Å². The first-order valence-corrected chi connectivity index (χ1v) is 12.2. The van der Waals surface area contributed by atoms with Gasteiger partial charge in [0.25, 0.3) is 5.56 Å². The zero-order valence-electron chi connectivity index (χ0n) is 20.6. The maximum absolute atomic E-state index is 13.3. The van der Waals surface area contributed by atoms with Crippen LogP contribution >= 0.6 is 0 Å². The smallest absolute Gasteiger partial charge is 0.261 e. The third kappa shape index (κ3) is 5.96. The Hall–Kier alpha value is -3.07. The van der Waals surface area contributed by atoms with Crippen LogP contribution in [0.15, 0.2) is 59.4 Å². The van der Waals surface area contributed by atoms with Crippen LogP contribution in [0.25, 0.3) is 10.9 Å². The summed E-state index contributed by atoms with van der Waals surface area (Å²) in [6.45, 7) is 6.20. The summed E-state index contributed by atoms with van der Waals surface area (Å²) in [5.41, 5.74) is 1.73. The Labute approximate surface area is 206 Å². The number of hydrogen-bond acceptors (Lipinski definition) is 6. The van der Waals surface area contributed by atoms with Crippen molar-refractivity contribution in [1.29, 1.82) is 0 Å². The van der Waals surface area contributed by atoms with Crippen molar-refractivity contribution >= 4 is 16.8 Å². The van der Waals surface area contributed by atoms with Crippen molar-refractivity contribution in [2.24, 2.45) is 0 Å². The maximum atomic E-state index is 13.3. The van der Waals surface area contributed by atoms with Crippen molar-refractivity contribution in [2.45, 2.75) is 32.5 Å². The van der Waals surface area contributed by atoms with Crippen LogP contribution < -0.4 is 5.56 Å². The van der Waals surface area contributed by atoms with Crippen molar-refractivity contribution in [3.8, 4) is 0 Å². The topological polar surface area (TPSA) is 76.9 Å². The van der Waals surface area contributed by atoms with E-state index in [0.717, 1.165) is 30.9 Å². The fourth-order valence-corrected chi connectivity index (χ4v) is 4.65. The van der Waals surface area contributed by atoms with Gasteiger partial charge in [0.15, 0.2) is 0 Å². The number of methoxy groups -OCH3 is 1. The summed E-state index contributed by atoms with van der Waals surface area (Å²) < 4.78 is 12.7. The number of para-hydroxylation sites is 1. The fourth-order valence-electron chi connectivity index (χ4n) is 4.65. The van der Waals surface area contributed by atoms with Crippen molar-refractivity contribution < 1.29 is 14.3 Å². The second-order valence-electron chi connectivity index (χ2n) is 8.76. The van der Waals surface area contributed by atoms with E-state index >= 15 is 0 Å². The first kappa shape index (κ1) is 25.0. The zero-order valence-corrected chi connectivity index (χ0v) is 20.6. The summed E-state index contributed by atoms with van der Waals surface area (Å²) >= 11 is 0. The molecule has 8 heteroatoms. The number of aromatic nitrogens is 2. The van der Waals surface area contributed by atoms with Crippen molar-refractivity contribution in [3.63, 3.8) is 0 Å². The summed E-state index contributed by atoms with van der Waals surface area (Å²) in [5.74, 6) is 0.772. The molecule has 1 aliphatic rings. The highest BCUT2D eigenvalue weighted by atomic mass is 16.5. The van der Waals surface area contributed by atoms with E-state index in [2.05, 4.69) is 11.8 Å². The van der Waals surface area contributed by atoms with E-state index in [-0.39, 0.29) is 24.1 Å². The van der Waals surface area contributed by atoms with Gasteiger partial charge in [0.2, 0.25) is 5.91 Å². The van der Waals surface area contributed by atoms with Gasteiger partial charge in [-0.25, -0.2) is 4.98 Å². The molecule has 2 aromatic carbocycles. The molecule has 2 heterocycles. The van der Waals surface area contributed by atoms with Gasteiger partial charge >= 0.3 is 0 Å². The molecule has 8 nitrogen and oxygen atoms in total. The molecule has 186 valence electrons. The highest BCUT2D eigenvalue weighted by molar-refractivity contribution is 5.78. The summed E-state index contributed by atoms with van der Waals surface area (Å²) in [5, 5.41) is 0.619. The molecule has 1 amide bonds. The van der Waals surface area contributed by atoms with E-state index in [9.17, 15) is 9.59 Å². The Balaban J connectivity index is 1.43. The molecule has 1 atom stereocenters. The summed E-state index contributed by atoms with van der Waals surface area (Å²) in [4.78, 5) is 35.1. The van der Waals surface area contributed by atoms with Crippen LogP contribution in [0.3, 0.4) is 0 Å². The van der Waals surface area contributed by atoms with Gasteiger partial charge in [0, 0.05) is 33.3 Å². The molecular formula is C27H34N4O4. The second kappa shape index (κ2) is 12.1. The van der Waals surface area contributed by atoms with Crippen LogP contribution in [0.1, 0.15) is 30.8 Å². The maximum Gasteiger partial charge on any atom is 0.261 e. The average Bonchev–Trinajstić information content (AvgIpc) is 2.90. The lowest BCUT2D eigenvalue weighted by Crippen LogP contribution is -2.51. The predicted octanol–water partition coefficient (Wildman–Crippen LogP) is 2.86. The minimum Gasteiger partial charge on any atom is -0.383 e. The lowest BCUT2D eigenvalue weighted by molar-refractivity contribution is -0.138. The number of rotatable bonds is 10. The third-order valence-electron chi connectivity index (χ3n) is 6.54. The van der Waals surface area contributed by atoms with E-state index in [1.807, 2.05) is 59.5 Å². The van der Waals surface area contributed by atoms with Crippen LogP contribution in [0.5, 0.6) is 0 Å². The van der Waals surface area contributed by atoms with Gasteiger partial charge in [0.05, 0.1) is 36.7 Å². The van der Waals surface area contributed by atoms with E-state index in [0.29, 0.717) is 43.8 Å². The molecule has 1 saturated heterocycles. The lowest BCUT2D eigenvalue weighted by Gasteiger charge is -2.39. The Kier molecular flexibility index (Phi) is 8.63. The predicted molar refractivity (Wildman–Crippen MR) is 135 cm³/mol. The first-order valence-electron chi connectivity index (χ1n) is 12.2. The molecule has 35 heavy (non-hydrogen) atoms. The van der Waals surface area contributed by atoms with Gasteiger partial charge in [-0.3, -0.25) is 19.1 Å². The highest BCUT2D eigenvalue weighted by Gasteiger charge is 2.29. The standard InChI is InChI=1S/C27H34N4O4/c1-3-24(26-28-23-12-8-7-11-22(23)27(33)31(26)17-18-34-2)29-13-15-30(16-14-29)25(32)20-35-19-21-9-5-4-6-10-21/h4-12,24H,3,13-20H2,1-2H3. The number of ether oxygens (including phenoxy) is 2. The van der Waals surface area contributed by atoms with E-state index < -0.39 is 0 Å². The number of nitrogens with zero attached hydrogens (tertiary/aromatic N) is 4. The normalized spacial score (nSPS) is 15.4. The van der Waals surface area contributed by atoms with Gasteiger partial charge in [-0.05, 0) is 24.1 Å². The molecule has 0 spiro atoms. The molecule has 3 aromatic rings. The number of piperazine rings is 1. The van der Waals surface area contributed by atoms with Crippen molar-refractivity contribution in [3.05, 3.63) is 76.3 Å².